The first-order valence-corrected chi connectivity index (χ1v) is 11.4. The van der Waals surface area contributed by atoms with Crippen molar-refractivity contribution >= 4 is 11.9 Å². The van der Waals surface area contributed by atoms with Gasteiger partial charge < -0.3 is 9.47 Å². The lowest BCUT2D eigenvalue weighted by Gasteiger charge is -2.10. The van der Waals surface area contributed by atoms with Gasteiger partial charge in [-0.05, 0) is 32.6 Å². The summed E-state index contributed by atoms with van der Waals surface area (Å²) in [7, 11) is 0. The molecule has 0 aromatic rings. The summed E-state index contributed by atoms with van der Waals surface area (Å²) in [4.78, 5) is 22.5. The van der Waals surface area contributed by atoms with E-state index in [-0.39, 0.29) is 11.9 Å². The maximum Gasteiger partial charge on any atom is 0.305 e. The summed E-state index contributed by atoms with van der Waals surface area (Å²) in [6, 6.07) is 0. The van der Waals surface area contributed by atoms with Crippen LogP contribution in [0.3, 0.4) is 0 Å². The van der Waals surface area contributed by atoms with Gasteiger partial charge in [-0.15, -0.1) is 0 Å². The summed E-state index contributed by atoms with van der Waals surface area (Å²) in [5, 5.41) is 0. The van der Waals surface area contributed by atoms with Crippen LogP contribution in [0.1, 0.15) is 117 Å². The van der Waals surface area contributed by atoms with Gasteiger partial charge in [0.15, 0.2) is 0 Å². The number of carbonyl (C=O) groups is 2. The van der Waals surface area contributed by atoms with E-state index in [0.717, 1.165) is 19.3 Å². The number of rotatable bonds is 19. The zero-order valence-corrected chi connectivity index (χ0v) is 18.2. The first-order chi connectivity index (χ1) is 13.1. The van der Waals surface area contributed by atoms with Crippen molar-refractivity contribution < 1.29 is 19.1 Å². The van der Waals surface area contributed by atoms with Gasteiger partial charge in [-0.3, -0.25) is 9.59 Å². The Labute approximate surface area is 167 Å². The number of esters is 2. The van der Waals surface area contributed by atoms with Crippen molar-refractivity contribution in [2.24, 2.45) is 5.92 Å². The number of ether oxygens (including phenoxy) is 2. The van der Waals surface area contributed by atoms with Crippen molar-refractivity contribution in [1.29, 1.82) is 0 Å². The van der Waals surface area contributed by atoms with Crippen LogP contribution in [0.4, 0.5) is 0 Å². The summed E-state index contributed by atoms with van der Waals surface area (Å²) in [6.07, 6.45) is 17.3. The Bertz CT molecular complexity index is 354. The maximum absolute atomic E-state index is 11.3. The monoisotopic (exact) mass is 384 g/mol. The highest BCUT2D eigenvalue weighted by atomic mass is 16.5. The molecule has 0 fully saturated rings. The van der Waals surface area contributed by atoms with Crippen molar-refractivity contribution in [2.45, 2.75) is 117 Å². The molecule has 4 heteroatoms. The maximum atomic E-state index is 11.3. The van der Waals surface area contributed by atoms with Crippen LogP contribution >= 0.6 is 0 Å². The Morgan fingerprint density at radius 3 is 1.48 bits per heavy atom. The highest BCUT2D eigenvalue weighted by molar-refractivity contribution is 5.69. The van der Waals surface area contributed by atoms with Crippen molar-refractivity contribution in [3.63, 3.8) is 0 Å². The molecule has 0 aromatic carbocycles. The van der Waals surface area contributed by atoms with Crippen LogP contribution in [0.5, 0.6) is 0 Å². The van der Waals surface area contributed by atoms with E-state index in [1.807, 2.05) is 13.8 Å². The lowest BCUT2D eigenvalue weighted by molar-refractivity contribution is -0.144. The molecule has 0 aliphatic rings. The Hall–Kier alpha value is -1.06. The lowest BCUT2D eigenvalue weighted by atomic mass is 9.97. The van der Waals surface area contributed by atoms with Crippen molar-refractivity contribution in [3.8, 4) is 0 Å². The molecule has 0 spiro atoms. The average molecular weight is 385 g/mol. The Morgan fingerprint density at radius 1 is 0.593 bits per heavy atom. The molecule has 0 heterocycles. The minimum Gasteiger partial charge on any atom is -0.466 e. The predicted octanol–water partition coefficient (Wildman–Crippen LogP) is 6.60. The molecular weight excluding hydrogens is 340 g/mol. The molecule has 1 unspecified atom stereocenters. The quantitative estimate of drug-likeness (QED) is 0.186. The van der Waals surface area contributed by atoms with Crippen molar-refractivity contribution in [1.82, 2.24) is 0 Å². The third-order valence-corrected chi connectivity index (χ3v) is 5.03. The molecule has 0 radical (unpaired) electrons. The van der Waals surface area contributed by atoms with E-state index in [2.05, 4.69) is 6.92 Å². The van der Waals surface area contributed by atoms with E-state index >= 15 is 0 Å². The van der Waals surface area contributed by atoms with Crippen LogP contribution in [-0.2, 0) is 19.1 Å². The van der Waals surface area contributed by atoms with Crippen molar-refractivity contribution in [3.05, 3.63) is 0 Å². The summed E-state index contributed by atoms with van der Waals surface area (Å²) in [5.41, 5.74) is 0. The molecule has 4 nitrogen and oxygen atoms in total. The minimum atomic E-state index is -0.0525. The van der Waals surface area contributed by atoms with Gasteiger partial charge in [0.25, 0.3) is 0 Å². The van der Waals surface area contributed by atoms with Gasteiger partial charge in [0.2, 0.25) is 0 Å². The molecule has 0 aliphatic carbocycles. The molecule has 0 bridgehead atoms. The number of carbonyl (C=O) groups excluding carboxylic acids is 2. The van der Waals surface area contributed by atoms with E-state index in [1.54, 1.807) is 0 Å². The summed E-state index contributed by atoms with van der Waals surface area (Å²) in [5.74, 6) is 0.521. The van der Waals surface area contributed by atoms with Gasteiger partial charge in [0.1, 0.15) is 0 Å². The van der Waals surface area contributed by atoms with Crippen LogP contribution in [0.25, 0.3) is 0 Å². The van der Waals surface area contributed by atoms with Gasteiger partial charge in [0, 0.05) is 12.8 Å². The van der Waals surface area contributed by atoms with Crippen LogP contribution in [0.15, 0.2) is 0 Å². The number of hydrogen-bond donors (Lipinski definition) is 0. The predicted molar refractivity (Wildman–Crippen MR) is 112 cm³/mol. The fourth-order valence-corrected chi connectivity index (χ4v) is 3.33. The molecule has 160 valence electrons. The van der Waals surface area contributed by atoms with E-state index < -0.39 is 0 Å². The minimum absolute atomic E-state index is 0.0501. The zero-order chi connectivity index (χ0) is 20.2. The summed E-state index contributed by atoms with van der Waals surface area (Å²) in [6.45, 7) is 6.94. The first kappa shape index (κ1) is 25.9. The Kier molecular flexibility index (Phi) is 18.9. The van der Waals surface area contributed by atoms with Gasteiger partial charge in [-0.25, -0.2) is 0 Å². The third-order valence-electron chi connectivity index (χ3n) is 5.03. The third kappa shape index (κ3) is 19.5. The number of hydrogen-bond acceptors (Lipinski definition) is 4. The van der Waals surface area contributed by atoms with Gasteiger partial charge >= 0.3 is 11.9 Å². The zero-order valence-electron chi connectivity index (χ0n) is 18.2. The summed E-state index contributed by atoms with van der Waals surface area (Å²) < 4.78 is 9.90. The summed E-state index contributed by atoms with van der Waals surface area (Å²) >= 11 is 0. The van der Waals surface area contributed by atoms with Gasteiger partial charge in [-0.2, -0.15) is 0 Å². The molecular formula is C23H44O4. The van der Waals surface area contributed by atoms with Crippen LogP contribution in [0, 0.1) is 5.92 Å². The molecule has 0 rings (SSSR count). The molecule has 0 saturated heterocycles. The van der Waals surface area contributed by atoms with Crippen LogP contribution in [-0.4, -0.2) is 25.2 Å². The molecule has 0 saturated carbocycles. The average Bonchev–Trinajstić information content (AvgIpc) is 2.64. The topological polar surface area (TPSA) is 52.6 Å². The largest absolute Gasteiger partial charge is 0.466 e. The van der Waals surface area contributed by atoms with E-state index in [1.165, 1.54) is 64.2 Å². The van der Waals surface area contributed by atoms with Crippen molar-refractivity contribution in [2.75, 3.05) is 13.2 Å². The molecule has 27 heavy (non-hydrogen) atoms. The van der Waals surface area contributed by atoms with Crippen LogP contribution < -0.4 is 0 Å². The molecule has 0 aromatic heterocycles. The normalized spacial score (nSPS) is 12.0. The van der Waals surface area contributed by atoms with E-state index in [9.17, 15) is 9.59 Å². The fraction of sp³-hybridized carbons (Fsp3) is 0.913. The van der Waals surface area contributed by atoms with Gasteiger partial charge in [-0.1, -0.05) is 77.6 Å². The highest BCUT2D eigenvalue weighted by Crippen LogP contribution is 2.17. The number of unbranched alkanes of at least 4 members (excludes halogenated alkanes) is 10. The second kappa shape index (κ2) is 19.7. The first-order valence-electron chi connectivity index (χ1n) is 11.4. The SMILES string of the molecule is CCOC(=O)CCCCCCCCCCCCCC(C)CCC(=O)OCC. The second-order valence-corrected chi connectivity index (χ2v) is 7.68. The Balaban J connectivity index is 3.22. The standard InChI is InChI=1S/C23H44O4/c1-4-26-22(24)18-16-14-12-10-8-6-7-9-11-13-15-17-21(3)19-20-23(25)27-5-2/h21H,4-20H2,1-3H3. The molecule has 0 N–H and O–H groups in total. The van der Waals surface area contributed by atoms with Crippen LogP contribution in [0.2, 0.25) is 0 Å². The smallest absolute Gasteiger partial charge is 0.305 e. The van der Waals surface area contributed by atoms with Gasteiger partial charge in [0.05, 0.1) is 13.2 Å². The fourth-order valence-electron chi connectivity index (χ4n) is 3.33. The van der Waals surface area contributed by atoms with E-state index in [0.29, 0.717) is 32.0 Å². The molecule has 0 aliphatic heterocycles. The second-order valence-electron chi connectivity index (χ2n) is 7.68. The Morgan fingerprint density at radius 2 is 1.00 bits per heavy atom. The lowest BCUT2D eigenvalue weighted by Crippen LogP contribution is -2.06. The highest BCUT2D eigenvalue weighted by Gasteiger charge is 2.07. The molecule has 0 amide bonds. The van der Waals surface area contributed by atoms with E-state index in [4.69, 9.17) is 9.47 Å². The molecule has 1 atom stereocenters.